The van der Waals surface area contributed by atoms with Gasteiger partial charge in [-0.3, -0.25) is 9.97 Å². The topological polar surface area (TPSA) is 67.9 Å². The van der Waals surface area contributed by atoms with Crippen LogP contribution in [0.3, 0.4) is 0 Å². The Bertz CT molecular complexity index is 951. The number of nitrogens with zero attached hydrogens (tertiary/aromatic N) is 4. The van der Waals surface area contributed by atoms with Crippen LogP contribution in [0.4, 0.5) is 17.3 Å². The number of aromatic nitrogens is 3. The lowest BCUT2D eigenvalue weighted by molar-refractivity contribution is 0.797. The van der Waals surface area contributed by atoms with Crippen LogP contribution in [0.25, 0.3) is 0 Å². The Morgan fingerprint density at radius 1 is 0.704 bits per heavy atom. The minimum Gasteiger partial charge on any atom is -0.384 e. The first-order valence-corrected chi connectivity index (χ1v) is 8.69. The highest BCUT2D eigenvalue weighted by Gasteiger charge is 2.26. The molecule has 0 unspecified atom stereocenters. The van der Waals surface area contributed by atoms with E-state index in [1.165, 1.54) is 0 Å². The number of para-hydroxylation sites is 1. The summed E-state index contributed by atoms with van der Waals surface area (Å²) in [4.78, 5) is 15.4. The maximum atomic E-state index is 5.99. The van der Waals surface area contributed by atoms with Gasteiger partial charge < -0.3 is 10.6 Å². The number of hydrogen-bond acceptors (Lipinski definition) is 5. The van der Waals surface area contributed by atoms with Gasteiger partial charge in [0.2, 0.25) is 0 Å². The smallest absolute Gasteiger partial charge is 0.136 e. The summed E-state index contributed by atoms with van der Waals surface area (Å²) in [6.45, 7) is 0. The van der Waals surface area contributed by atoms with Gasteiger partial charge in [0.05, 0.1) is 6.04 Å². The lowest BCUT2D eigenvalue weighted by Crippen LogP contribution is -2.26. The molecule has 0 fully saturated rings. The van der Waals surface area contributed by atoms with Gasteiger partial charge in [-0.25, -0.2) is 4.98 Å². The molecule has 5 nitrogen and oxygen atoms in total. The summed E-state index contributed by atoms with van der Waals surface area (Å²) >= 11 is 0. The highest BCUT2D eigenvalue weighted by molar-refractivity contribution is 5.65. The molecule has 0 saturated heterocycles. The van der Waals surface area contributed by atoms with Crippen molar-refractivity contribution in [1.29, 1.82) is 0 Å². The van der Waals surface area contributed by atoms with E-state index in [9.17, 15) is 0 Å². The van der Waals surface area contributed by atoms with E-state index in [0.29, 0.717) is 5.82 Å². The molecule has 4 aromatic rings. The summed E-state index contributed by atoms with van der Waals surface area (Å²) < 4.78 is 0. The highest BCUT2D eigenvalue weighted by Crippen LogP contribution is 2.37. The number of benzene rings is 1. The molecule has 0 aliphatic heterocycles. The van der Waals surface area contributed by atoms with Gasteiger partial charge in [-0.2, -0.15) is 0 Å². The molecule has 132 valence electrons. The number of nitrogen functional groups attached to an aromatic ring is 1. The first-order chi connectivity index (χ1) is 13.3. The second-order valence-corrected chi connectivity index (χ2v) is 6.10. The Kier molecular flexibility index (Phi) is 4.74. The van der Waals surface area contributed by atoms with E-state index in [1.807, 2.05) is 54.9 Å². The molecule has 3 heterocycles. The van der Waals surface area contributed by atoms with Crippen molar-refractivity contribution in [1.82, 2.24) is 15.0 Å². The van der Waals surface area contributed by atoms with Crippen LogP contribution in [0.1, 0.15) is 17.2 Å². The number of rotatable bonds is 5. The Labute approximate surface area is 158 Å². The third-order valence-corrected chi connectivity index (χ3v) is 4.30. The molecule has 3 aromatic heterocycles. The molecule has 2 N–H and O–H groups in total. The molecule has 0 atom stereocenters. The first kappa shape index (κ1) is 16.7. The van der Waals surface area contributed by atoms with Crippen LogP contribution in [-0.2, 0) is 0 Å². The molecule has 0 saturated carbocycles. The van der Waals surface area contributed by atoms with Gasteiger partial charge in [-0.15, -0.1) is 0 Å². The number of anilines is 3. The second-order valence-electron chi connectivity index (χ2n) is 6.10. The van der Waals surface area contributed by atoms with Gasteiger partial charge in [-0.1, -0.05) is 36.4 Å². The lowest BCUT2D eigenvalue weighted by atomic mass is 9.99. The molecule has 1 aromatic carbocycles. The van der Waals surface area contributed by atoms with Crippen LogP contribution in [0.2, 0.25) is 0 Å². The number of hydrogen-bond donors (Lipinski definition) is 1. The van der Waals surface area contributed by atoms with Crippen molar-refractivity contribution in [3.8, 4) is 0 Å². The number of nitrogens with two attached hydrogens (primary N) is 1. The van der Waals surface area contributed by atoms with Crippen molar-refractivity contribution in [2.45, 2.75) is 6.04 Å². The lowest BCUT2D eigenvalue weighted by Gasteiger charge is -2.33. The molecule has 0 radical (unpaired) electrons. The maximum Gasteiger partial charge on any atom is 0.136 e. The van der Waals surface area contributed by atoms with Crippen LogP contribution in [0.5, 0.6) is 0 Å². The van der Waals surface area contributed by atoms with Crippen molar-refractivity contribution in [3.63, 3.8) is 0 Å². The fraction of sp³-hybridized carbons (Fsp3) is 0.0455. The van der Waals surface area contributed by atoms with E-state index < -0.39 is 0 Å². The Balaban J connectivity index is 1.94. The zero-order valence-electron chi connectivity index (χ0n) is 14.7. The van der Waals surface area contributed by atoms with Gasteiger partial charge in [0.15, 0.2) is 0 Å². The molecular formula is C22H19N5. The third kappa shape index (κ3) is 3.62. The SMILES string of the molecule is Nc1cccc(N(c2ccccc2)C(c2cccnc2)c2cccnc2)n1. The summed E-state index contributed by atoms with van der Waals surface area (Å²) in [5.74, 6) is 1.24. The minimum atomic E-state index is -0.149. The van der Waals surface area contributed by atoms with Gasteiger partial charge in [-0.05, 0) is 47.5 Å². The molecule has 5 heteroatoms. The van der Waals surface area contributed by atoms with Gasteiger partial charge in [0.25, 0.3) is 0 Å². The van der Waals surface area contributed by atoms with Crippen LogP contribution in [0, 0.1) is 0 Å². The fourth-order valence-corrected chi connectivity index (χ4v) is 3.14. The minimum absolute atomic E-state index is 0.149. The van der Waals surface area contributed by atoms with E-state index in [1.54, 1.807) is 18.5 Å². The van der Waals surface area contributed by atoms with Crippen LogP contribution >= 0.6 is 0 Å². The Morgan fingerprint density at radius 2 is 1.37 bits per heavy atom. The number of pyridine rings is 3. The third-order valence-electron chi connectivity index (χ3n) is 4.30. The van der Waals surface area contributed by atoms with Crippen molar-refractivity contribution in [2.75, 3.05) is 10.6 Å². The van der Waals surface area contributed by atoms with Crippen molar-refractivity contribution < 1.29 is 0 Å². The average Bonchev–Trinajstić information content (AvgIpc) is 2.74. The molecule has 0 bridgehead atoms. The summed E-state index contributed by atoms with van der Waals surface area (Å²) in [5, 5.41) is 0. The maximum absolute atomic E-state index is 5.99. The Hall–Kier alpha value is -3.73. The molecule has 0 aliphatic rings. The normalized spacial score (nSPS) is 10.7. The summed E-state index contributed by atoms with van der Waals surface area (Å²) in [6, 6.07) is 23.7. The van der Waals surface area contributed by atoms with E-state index >= 15 is 0 Å². The summed E-state index contributed by atoms with van der Waals surface area (Å²) in [7, 11) is 0. The summed E-state index contributed by atoms with van der Waals surface area (Å²) in [6.07, 6.45) is 7.30. The molecule has 27 heavy (non-hydrogen) atoms. The van der Waals surface area contributed by atoms with Crippen LogP contribution < -0.4 is 10.6 Å². The predicted octanol–water partition coefficient (Wildman–Crippen LogP) is 4.38. The highest BCUT2D eigenvalue weighted by atomic mass is 15.2. The molecule has 0 aliphatic carbocycles. The van der Waals surface area contributed by atoms with E-state index in [4.69, 9.17) is 5.73 Å². The van der Waals surface area contributed by atoms with Crippen molar-refractivity contribution >= 4 is 17.3 Å². The van der Waals surface area contributed by atoms with Crippen LogP contribution in [-0.4, -0.2) is 15.0 Å². The fourth-order valence-electron chi connectivity index (χ4n) is 3.14. The second kappa shape index (κ2) is 7.66. The molecular weight excluding hydrogens is 334 g/mol. The monoisotopic (exact) mass is 353 g/mol. The van der Waals surface area contributed by atoms with E-state index in [0.717, 1.165) is 22.6 Å². The largest absolute Gasteiger partial charge is 0.384 e. The molecule has 0 spiro atoms. The van der Waals surface area contributed by atoms with Gasteiger partial charge in [0, 0.05) is 30.5 Å². The van der Waals surface area contributed by atoms with E-state index in [-0.39, 0.29) is 6.04 Å². The van der Waals surface area contributed by atoms with Gasteiger partial charge in [0.1, 0.15) is 11.6 Å². The molecule has 0 amide bonds. The zero-order chi connectivity index (χ0) is 18.5. The predicted molar refractivity (Wildman–Crippen MR) is 108 cm³/mol. The quantitative estimate of drug-likeness (QED) is 0.576. The first-order valence-electron chi connectivity index (χ1n) is 8.69. The van der Waals surface area contributed by atoms with Crippen molar-refractivity contribution in [3.05, 3.63) is 109 Å². The van der Waals surface area contributed by atoms with Crippen LogP contribution in [0.15, 0.2) is 97.6 Å². The molecule has 4 rings (SSSR count). The standard InChI is InChI=1S/C22H19N5/c23-20-11-4-12-21(26-20)27(19-9-2-1-3-10-19)22(17-7-5-13-24-15-17)18-8-6-14-25-16-18/h1-16,22H,(H2,23,26). The Morgan fingerprint density at radius 3 is 1.93 bits per heavy atom. The summed E-state index contributed by atoms with van der Waals surface area (Å²) in [5.41, 5.74) is 9.08. The van der Waals surface area contributed by atoms with E-state index in [2.05, 4.69) is 44.1 Å². The zero-order valence-corrected chi connectivity index (χ0v) is 14.7. The average molecular weight is 353 g/mol. The van der Waals surface area contributed by atoms with Gasteiger partial charge >= 0.3 is 0 Å². The van der Waals surface area contributed by atoms with Crippen molar-refractivity contribution in [2.24, 2.45) is 0 Å².